The predicted octanol–water partition coefficient (Wildman–Crippen LogP) is 4.92. The van der Waals surface area contributed by atoms with E-state index in [-0.39, 0.29) is 0 Å². The van der Waals surface area contributed by atoms with Crippen molar-refractivity contribution in [1.82, 2.24) is 9.80 Å². The Morgan fingerprint density at radius 2 is 1.58 bits per heavy atom. The van der Waals surface area contributed by atoms with E-state index in [0.717, 1.165) is 21.5 Å². The second-order valence-corrected chi connectivity index (χ2v) is 7.25. The molecule has 0 spiro atoms. The number of para-hydroxylation sites is 1. The van der Waals surface area contributed by atoms with Crippen molar-refractivity contribution in [3.8, 4) is 11.5 Å². The Kier molecular flexibility index (Phi) is 6.21. The van der Waals surface area contributed by atoms with E-state index in [1.54, 1.807) is 0 Å². The number of halogens is 4. The van der Waals surface area contributed by atoms with E-state index in [4.69, 9.17) is 4.74 Å². The quantitative estimate of drug-likeness (QED) is 0.671. The number of hydrogen-bond acceptors (Lipinski definition) is 3. The Hall–Kier alpha value is -1.57. The highest BCUT2D eigenvalue weighted by Gasteiger charge is 2.32. The average molecular weight is 429 g/mol. The van der Waals surface area contributed by atoms with Gasteiger partial charge in [0.2, 0.25) is 0 Å². The van der Waals surface area contributed by atoms with Crippen molar-refractivity contribution < 1.29 is 17.9 Å². The number of benzene rings is 2. The van der Waals surface area contributed by atoms with Gasteiger partial charge in [-0.25, -0.2) is 0 Å². The van der Waals surface area contributed by atoms with Gasteiger partial charge in [-0.15, -0.1) is 0 Å². The van der Waals surface area contributed by atoms with Gasteiger partial charge in [0.15, 0.2) is 0 Å². The van der Waals surface area contributed by atoms with Crippen molar-refractivity contribution in [2.75, 3.05) is 32.7 Å². The number of piperazine rings is 1. The highest BCUT2D eigenvalue weighted by molar-refractivity contribution is 9.10. The molecular formula is C19H20BrF3N2O. The number of nitrogens with zero attached hydrogens (tertiary/aromatic N) is 2. The molecule has 3 rings (SSSR count). The van der Waals surface area contributed by atoms with Gasteiger partial charge < -0.3 is 4.74 Å². The summed E-state index contributed by atoms with van der Waals surface area (Å²) >= 11 is 3.46. The molecule has 0 amide bonds. The van der Waals surface area contributed by atoms with Crippen molar-refractivity contribution in [3.63, 3.8) is 0 Å². The molecule has 0 atom stereocenters. The summed E-state index contributed by atoms with van der Waals surface area (Å²) in [7, 11) is 0. The van der Waals surface area contributed by atoms with Gasteiger partial charge in [0, 0.05) is 42.8 Å². The molecule has 1 aliphatic heterocycles. The van der Waals surface area contributed by atoms with Crippen molar-refractivity contribution in [2.45, 2.75) is 12.7 Å². The second kappa shape index (κ2) is 8.41. The third-order valence-corrected chi connectivity index (χ3v) is 4.76. The molecule has 0 radical (unpaired) electrons. The van der Waals surface area contributed by atoms with Crippen LogP contribution in [0.4, 0.5) is 13.2 Å². The van der Waals surface area contributed by atoms with Crippen LogP contribution in [-0.4, -0.2) is 48.7 Å². The molecule has 1 aliphatic rings. The molecule has 0 unspecified atom stereocenters. The highest BCUT2D eigenvalue weighted by Crippen LogP contribution is 2.30. The fourth-order valence-electron chi connectivity index (χ4n) is 2.97. The Morgan fingerprint density at radius 1 is 0.923 bits per heavy atom. The summed E-state index contributed by atoms with van der Waals surface area (Å²) in [5.74, 6) is 1.50. The first-order valence-electron chi connectivity index (χ1n) is 8.42. The van der Waals surface area contributed by atoms with E-state index in [0.29, 0.717) is 32.7 Å². The average Bonchev–Trinajstić information content (AvgIpc) is 2.59. The van der Waals surface area contributed by atoms with Crippen LogP contribution in [0.2, 0.25) is 0 Å². The summed E-state index contributed by atoms with van der Waals surface area (Å²) in [6.07, 6.45) is -4.13. The molecule has 0 aromatic heterocycles. The van der Waals surface area contributed by atoms with Gasteiger partial charge in [0.05, 0.1) is 6.54 Å². The second-order valence-electron chi connectivity index (χ2n) is 6.33. The summed E-state index contributed by atoms with van der Waals surface area (Å²) in [5, 5.41) is 0. The third kappa shape index (κ3) is 5.72. The molecule has 2 aromatic carbocycles. The third-order valence-electron chi connectivity index (χ3n) is 4.26. The standard InChI is InChI=1S/C19H20BrF3N2O/c20-16-7-6-15(18(12-16)26-17-4-2-1-3-5-17)13-24-8-10-25(11-9-24)14-19(21,22)23/h1-7,12H,8-11,13-14H2. The van der Waals surface area contributed by atoms with Gasteiger partial charge in [-0.2, -0.15) is 13.2 Å². The summed E-state index contributed by atoms with van der Waals surface area (Å²) in [6.45, 7) is 1.88. The van der Waals surface area contributed by atoms with Crippen LogP contribution in [0.1, 0.15) is 5.56 Å². The molecule has 1 heterocycles. The normalized spacial score (nSPS) is 16.6. The maximum atomic E-state index is 12.5. The molecule has 7 heteroatoms. The first-order valence-corrected chi connectivity index (χ1v) is 9.21. The van der Waals surface area contributed by atoms with E-state index in [9.17, 15) is 13.2 Å². The molecule has 2 aromatic rings. The van der Waals surface area contributed by atoms with Crippen molar-refractivity contribution in [1.29, 1.82) is 0 Å². The smallest absolute Gasteiger partial charge is 0.401 e. The first-order chi connectivity index (χ1) is 12.4. The fourth-order valence-corrected chi connectivity index (χ4v) is 3.31. The maximum absolute atomic E-state index is 12.5. The Morgan fingerprint density at radius 3 is 2.23 bits per heavy atom. The number of rotatable bonds is 5. The fraction of sp³-hybridized carbons (Fsp3) is 0.368. The Bertz CT molecular complexity index is 716. The molecule has 1 fully saturated rings. The zero-order chi connectivity index (χ0) is 18.6. The van der Waals surface area contributed by atoms with E-state index in [1.807, 2.05) is 48.5 Å². The lowest BCUT2D eigenvalue weighted by molar-refractivity contribution is -0.149. The predicted molar refractivity (Wildman–Crippen MR) is 98.4 cm³/mol. The molecular weight excluding hydrogens is 409 g/mol. The number of alkyl halides is 3. The molecule has 0 N–H and O–H groups in total. The van der Waals surface area contributed by atoms with E-state index in [2.05, 4.69) is 20.8 Å². The molecule has 26 heavy (non-hydrogen) atoms. The van der Waals surface area contributed by atoms with E-state index >= 15 is 0 Å². The lowest BCUT2D eigenvalue weighted by Gasteiger charge is -2.35. The topological polar surface area (TPSA) is 15.7 Å². The summed E-state index contributed by atoms with van der Waals surface area (Å²) in [6, 6.07) is 15.4. The minimum atomic E-state index is -4.13. The van der Waals surface area contributed by atoms with Gasteiger partial charge in [-0.3, -0.25) is 9.80 Å². The van der Waals surface area contributed by atoms with Crippen LogP contribution < -0.4 is 4.74 Å². The zero-order valence-electron chi connectivity index (χ0n) is 14.2. The highest BCUT2D eigenvalue weighted by atomic mass is 79.9. The summed E-state index contributed by atoms with van der Waals surface area (Å²) in [4.78, 5) is 3.62. The lowest BCUT2D eigenvalue weighted by atomic mass is 10.1. The molecule has 0 saturated carbocycles. The zero-order valence-corrected chi connectivity index (χ0v) is 15.8. The van der Waals surface area contributed by atoms with Crippen molar-refractivity contribution in [2.24, 2.45) is 0 Å². The maximum Gasteiger partial charge on any atom is 0.401 e. The molecule has 3 nitrogen and oxygen atoms in total. The Balaban J connectivity index is 1.63. The number of hydrogen-bond donors (Lipinski definition) is 0. The van der Waals surface area contributed by atoms with Gasteiger partial charge in [-0.05, 0) is 24.3 Å². The van der Waals surface area contributed by atoms with Crippen LogP contribution in [-0.2, 0) is 6.54 Å². The van der Waals surface area contributed by atoms with Crippen LogP contribution in [0, 0.1) is 0 Å². The lowest BCUT2D eigenvalue weighted by Crippen LogP contribution is -2.48. The van der Waals surface area contributed by atoms with Gasteiger partial charge in [0.1, 0.15) is 11.5 Å². The molecule has 0 aliphatic carbocycles. The van der Waals surface area contributed by atoms with E-state index < -0.39 is 12.7 Å². The van der Waals surface area contributed by atoms with E-state index in [1.165, 1.54) is 4.90 Å². The Labute approximate surface area is 159 Å². The summed E-state index contributed by atoms with van der Waals surface area (Å²) in [5.41, 5.74) is 1.02. The first kappa shape index (κ1) is 19.2. The SMILES string of the molecule is FC(F)(F)CN1CCN(Cc2ccc(Br)cc2Oc2ccccc2)CC1. The largest absolute Gasteiger partial charge is 0.457 e. The van der Waals surface area contributed by atoms with Crippen LogP contribution in [0.3, 0.4) is 0 Å². The van der Waals surface area contributed by atoms with Crippen molar-refractivity contribution >= 4 is 15.9 Å². The van der Waals surface area contributed by atoms with Crippen LogP contribution in [0.5, 0.6) is 11.5 Å². The molecule has 140 valence electrons. The monoisotopic (exact) mass is 428 g/mol. The minimum absolute atomic E-state index is 0.422. The van der Waals surface area contributed by atoms with Gasteiger partial charge >= 0.3 is 6.18 Å². The minimum Gasteiger partial charge on any atom is -0.457 e. The van der Waals surface area contributed by atoms with Gasteiger partial charge in [0.25, 0.3) is 0 Å². The molecule has 1 saturated heterocycles. The van der Waals surface area contributed by atoms with Crippen molar-refractivity contribution in [3.05, 3.63) is 58.6 Å². The summed E-state index contributed by atoms with van der Waals surface area (Å²) < 4.78 is 44.4. The van der Waals surface area contributed by atoms with Gasteiger partial charge in [-0.1, -0.05) is 40.2 Å². The van der Waals surface area contributed by atoms with Crippen LogP contribution in [0.25, 0.3) is 0 Å². The van der Waals surface area contributed by atoms with Crippen LogP contribution >= 0.6 is 15.9 Å². The number of ether oxygens (including phenoxy) is 1. The van der Waals surface area contributed by atoms with Crippen LogP contribution in [0.15, 0.2) is 53.0 Å². The molecule has 0 bridgehead atoms.